The second kappa shape index (κ2) is 2.98. The zero-order valence-corrected chi connectivity index (χ0v) is 7.83. The van der Waals surface area contributed by atoms with Gasteiger partial charge in [0.15, 0.2) is 0 Å². The van der Waals surface area contributed by atoms with Crippen LogP contribution in [0.1, 0.15) is 32.1 Å². The van der Waals surface area contributed by atoms with Crippen molar-refractivity contribution in [3.05, 3.63) is 0 Å². The first kappa shape index (κ1) is 9.00. The van der Waals surface area contributed by atoms with Crippen LogP contribution in [0.4, 0.5) is 0 Å². The van der Waals surface area contributed by atoms with Gasteiger partial charge >= 0.3 is 5.97 Å². The largest absolute Gasteiger partial charge is 0.481 e. The summed E-state index contributed by atoms with van der Waals surface area (Å²) in [6.07, 6.45) is 4.88. The van der Waals surface area contributed by atoms with E-state index in [2.05, 4.69) is 0 Å². The molecular weight excluding hydrogens is 166 g/mol. The fraction of sp³-hybridized carbons (Fsp3) is 0.900. The maximum atomic E-state index is 10.7. The van der Waals surface area contributed by atoms with Gasteiger partial charge in [-0.1, -0.05) is 0 Å². The summed E-state index contributed by atoms with van der Waals surface area (Å²) in [5, 5.41) is 8.81. The lowest BCUT2D eigenvalue weighted by Crippen LogP contribution is -2.35. The Morgan fingerprint density at radius 1 is 1.54 bits per heavy atom. The van der Waals surface area contributed by atoms with E-state index in [-0.39, 0.29) is 11.8 Å². The van der Waals surface area contributed by atoms with Gasteiger partial charge in [-0.3, -0.25) is 4.79 Å². The van der Waals surface area contributed by atoms with Gasteiger partial charge in [0.25, 0.3) is 0 Å². The van der Waals surface area contributed by atoms with Gasteiger partial charge in [-0.05, 0) is 49.5 Å². The van der Waals surface area contributed by atoms with Crippen molar-refractivity contribution < 1.29 is 9.90 Å². The van der Waals surface area contributed by atoms with E-state index in [0.717, 1.165) is 24.7 Å². The van der Waals surface area contributed by atoms with Crippen LogP contribution in [0.5, 0.6) is 0 Å². The third kappa shape index (κ3) is 1.70. The van der Waals surface area contributed by atoms with E-state index in [1.807, 2.05) is 0 Å². The molecule has 0 heterocycles. The molecule has 2 aliphatic rings. The summed E-state index contributed by atoms with van der Waals surface area (Å²) in [5.41, 5.74) is 5.64. The Kier molecular flexibility index (Phi) is 2.06. The highest BCUT2D eigenvalue weighted by Crippen LogP contribution is 2.56. The monoisotopic (exact) mass is 183 g/mol. The van der Waals surface area contributed by atoms with Crippen LogP contribution in [0.15, 0.2) is 0 Å². The molecule has 0 aliphatic heterocycles. The molecule has 74 valence electrons. The Morgan fingerprint density at radius 3 is 2.85 bits per heavy atom. The van der Waals surface area contributed by atoms with Crippen LogP contribution in [-0.2, 0) is 4.79 Å². The summed E-state index contributed by atoms with van der Waals surface area (Å²) in [6, 6.07) is 0. The predicted octanol–water partition coefficient (Wildman–Crippen LogP) is 1.23. The lowest BCUT2D eigenvalue weighted by atomic mass is 9.72. The van der Waals surface area contributed by atoms with Gasteiger partial charge in [-0.25, -0.2) is 0 Å². The first-order valence-corrected chi connectivity index (χ1v) is 5.07. The van der Waals surface area contributed by atoms with Crippen molar-refractivity contribution in [3.63, 3.8) is 0 Å². The van der Waals surface area contributed by atoms with Gasteiger partial charge in [0.1, 0.15) is 0 Å². The van der Waals surface area contributed by atoms with Gasteiger partial charge in [0.2, 0.25) is 0 Å². The number of fused-ring (bicyclic) bond motifs is 1. The minimum Gasteiger partial charge on any atom is -0.481 e. The number of hydrogen-bond acceptors (Lipinski definition) is 2. The van der Waals surface area contributed by atoms with Crippen LogP contribution < -0.4 is 5.73 Å². The van der Waals surface area contributed by atoms with Crippen LogP contribution >= 0.6 is 0 Å². The van der Waals surface area contributed by atoms with Crippen molar-refractivity contribution in [1.29, 1.82) is 0 Å². The predicted molar refractivity (Wildman–Crippen MR) is 49.2 cm³/mol. The summed E-state index contributed by atoms with van der Waals surface area (Å²) in [5.74, 6) is 1.02. The van der Waals surface area contributed by atoms with Crippen molar-refractivity contribution in [2.75, 3.05) is 6.54 Å². The van der Waals surface area contributed by atoms with Crippen molar-refractivity contribution >= 4 is 5.97 Å². The van der Waals surface area contributed by atoms with Crippen molar-refractivity contribution in [2.45, 2.75) is 32.1 Å². The molecule has 3 nitrogen and oxygen atoms in total. The standard InChI is InChI=1S/C10H17NO2/c11-6-10(5-9(12)13)2-1-7-3-8(7)4-10/h7-8H,1-6,11H2,(H,12,13)/t7-,8?,10-/m1/s1. The summed E-state index contributed by atoms with van der Waals surface area (Å²) in [7, 11) is 0. The summed E-state index contributed by atoms with van der Waals surface area (Å²) in [4.78, 5) is 10.7. The van der Waals surface area contributed by atoms with Gasteiger partial charge < -0.3 is 10.8 Å². The van der Waals surface area contributed by atoms with E-state index in [1.54, 1.807) is 0 Å². The molecule has 3 heteroatoms. The Labute approximate surface area is 78.3 Å². The molecule has 3 atom stereocenters. The van der Waals surface area contributed by atoms with Crippen molar-refractivity contribution in [2.24, 2.45) is 23.0 Å². The Balaban J connectivity index is 2.01. The number of carbonyl (C=O) groups is 1. The number of carboxylic acid groups (broad SMARTS) is 1. The molecule has 13 heavy (non-hydrogen) atoms. The third-order valence-electron chi connectivity index (χ3n) is 3.77. The molecule has 0 saturated heterocycles. The molecule has 2 rings (SSSR count). The van der Waals surface area contributed by atoms with Crippen LogP contribution in [-0.4, -0.2) is 17.6 Å². The fourth-order valence-electron chi connectivity index (χ4n) is 2.80. The summed E-state index contributed by atoms with van der Waals surface area (Å²) in [6.45, 7) is 0.544. The van der Waals surface area contributed by atoms with Crippen LogP contribution in [0.2, 0.25) is 0 Å². The molecule has 0 aromatic carbocycles. The number of nitrogens with two attached hydrogens (primary N) is 1. The Morgan fingerprint density at radius 2 is 2.31 bits per heavy atom. The molecule has 0 aromatic rings. The second-order valence-corrected chi connectivity index (χ2v) is 4.77. The Bertz CT molecular complexity index is 229. The summed E-state index contributed by atoms with van der Waals surface area (Å²) >= 11 is 0. The van der Waals surface area contributed by atoms with E-state index in [9.17, 15) is 4.79 Å². The van der Waals surface area contributed by atoms with Gasteiger partial charge in [-0.15, -0.1) is 0 Å². The van der Waals surface area contributed by atoms with E-state index in [0.29, 0.717) is 6.54 Å². The summed E-state index contributed by atoms with van der Waals surface area (Å²) < 4.78 is 0. The smallest absolute Gasteiger partial charge is 0.303 e. The molecule has 0 amide bonds. The van der Waals surface area contributed by atoms with E-state index in [1.165, 1.54) is 12.8 Å². The first-order valence-electron chi connectivity index (χ1n) is 5.07. The average Bonchev–Trinajstić information content (AvgIpc) is 2.81. The molecule has 2 aliphatic carbocycles. The highest BCUT2D eigenvalue weighted by atomic mass is 16.4. The fourth-order valence-corrected chi connectivity index (χ4v) is 2.80. The molecule has 0 radical (unpaired) electrons. The van der Waals surface area contributed by atoms with Crippen LogP contribution in [0, 0.1) is 17.3 Å². The van der Waals surface area contributed by atoms with E-state index >= 15 is 0 Å². The SMILES string of the molecule is NC[C@]1(CC(=O)O)CC[C@@H]2CC2C1. The average molecular weight is 183 g/mol. The van der Waals surface area contributed by atoms with Crippen LogP contribution in [0.25, 0.3) is 0 Å². The zero-order valence-electron chi connectivity index (χ0n) is 7.83. The number of aliphatic carboxylic acids is 1. The highest BCUT2D eigenvalue weighted by Gasteiger charge is 2.48. The molecule has 0 bridgehead atoms. The van der Waals surface area contributed by atoms with Gasteiger partial charge in [0.05, 0.1) is 6.42 Å². The third-order valence-corrected chi connectivity index (χ3v) is 3.77. The quantitative estimate of drug-likeness (QED) is 0.691. The normalized spacial score (nSPS) is 42.5. The molecule has 3 N–H and O–H groups in total. The lowest BCUT2D eigenvalue weighted by Gasteiger charge is -2.34. The van der Waals surface area contributed by atoms with E-state index in [4.69, 9.17) is 10.8 Å². The Hall–Kier alpha value is -0.570. The lowest BCUT2D eigenvalue weighted by molar-refractivity contribution is -0.140. The first-order chi connectivity index (χ1) is 6.15. The molecule has 2 fully saturated rings. The van der Waals surface area contributed by atoms with Gasteiger partial charge in [-0.2, -0.15) is 0 Å². The van der Waals surface area contributed by atoms with Gasteiger partial charge in [0, 0.05) is 0 Å². The van der Waals surface area contributed by atoms with E-state index < -0.39 is 5.97 Å². The topological polar surface area (TPSA) is 63.3 Å². The molecule has 0 spiro atoms. The molecular formula is C10H17NO2. The minimum atomic E-state index is -0.690. The minimum absolute atomic E-state index is 0.0660. The van der Waals surface area contributed by atoms with Crippen LogP contribution in [0.3, 0.4) is 0 Å². The molecule has 2 saturated carbocycles. The number of carboxylic acids is 1. The zero-order chi connectivity index (χ0) is 9.47. The maximum absolute atomic E-state index is 10.7. The van der Waals surface area contributed by atoms with Crippen molar-refractivity contribution in [1.82, 2.24) is 0 Å². The molecule has 0 aromatic heterocycles. The molecule has 1 unspecified atom stereocenters. The highest BCUT2D eigenvalue weighted by molar-refractivity contribution is 5.67. The maximum Gasteiger partial charge on any atom is 0.303 e. The number of rotatable bonds is 3. The van der Waals surface area contributed by atoms with Crippen molar-refractivity contribution in [3.8, 4) is 0 Å². The second-order valence-electron chi connectivity index (χ2n) is 4.77. The number of hydrogen-bond donors (Lipinski definition) is 2.